The highest BCUT2D eigenvalue weighted by atomic mass is 16.6. The van der Waals surface area contributed by atoms with Crippen molar-refractivity contribution in [1.82, 2.24) is 0 Å². The summed E-state index contributed by atoms with van der Waals surface area (Å²) in [6.07, 6.45) is 0. The molecule has 84 valence electrons. The zero-order valence-corrected chi connectivity index (χ0v) is 9.24. The Morgan fingerprint density at radius 1 is 1.27 bits per heavy atom. The first kappa shape index (κ1) is 11.8. The highest BCUT2D eigenvalue weighted by molar-refractivity contribution is 5.48. The van der Waals surface area contributed by atoms with Gasteiger partial charge in [0.25, 0.3) is 0 Å². The molecule has 1 rings (SSSR count). The third-order valence-electron chi connectivity index (χ3n) is 2.27. The van der Waals surface area contributed by atoms with Gasteiger partial charge in [-0.3, -0.25) is 4.84 Å². The highest BCUT2D eigenvalue weighted by Crippen LogP contribution is 2.35. The molecule has 0 radical (unpaired) electrons. The van der Waals surface area contributed by atoms with E-state index in [-0.39, 0.29) is 23.5 Å². The van der Waals surface area contributed by atoms with Crippen LogP contribution in [0.3, 0.4) is 0 Å². The summed E-state index contributed by atoms with van der Waals surface area (Å²) < 4.78 is 0. The van der Waals surface area contributed by atoms with E-state index in [9.17, 15) is 10.2 Å². The Labute approximate surface area is 89.3 Å². The van der Waals surface area contributed by atoms with Gasteiger partial charge in [0.15, 0.2) is 11.5 Å². The van der Waals surface area contributed by atoms with Crippen LogP contribution in [0.25, 0.3) is 0 Å². The molecule has 0 amide bonds. The molecule has 0 aromatic heterocycles. The maximum absolute atomic E-state index is 9.53. The second kappa shape index (κ2) is 4.08. The predicted octanol–water partition coefficient (Wildman–Crippen LogP) is 1.79. The number of nitrogens with two attached hydrogens (primary N) is 1. The molecule has 0 atom stereocenters. The normalized spacial score (nSPS) is 11.7. The van der Waals surface area contributed by atoms with Crippen molar-refractivity contribution in [2.75, 3.05) is 0 Å². The lowest BCUT2D eigenvalue weighted by Gasteiger charge is -2.20. The van der Waals surface area contributed by atoms with Crippen LogP contribution in [0, 0.1) is 0 Å². The molecule has 0 fully saturated rings. The number of hydrogen-bond acceptors (Lipinski definition) is 4. The third kappa shape index (κ3) is 2.61. The van der Waals surface area contributed by atoms with Crippen LogP contribution >= 0.6 is 0 Å². The fourth-order valence-electron chi connectivity index (χ4n) is 1.31. The van der Waals surface area contributed by atoms with Gasteiger partial charge in [0.05, 0.1) is 6.61 Å². The Hall–Kier alpha value is -1.26. The number of aromatic hydroxyl groups is 2. The second-order valence-electron chi connectivity index (χ2n) is 4.56. The van der Waals surface area contributed by atoms with Crippen LogP contribution in [0.4, 0.5) is 0 Å². The number of hydrogen-bond donors (Lipinski definition) is 3. The SMILES string of the molecule is CC(C)(C)c1cc(O)c(O)c(CON)c1. The van der Waals surface area contributed by atoms with Crippen LogP contribution < -0.4 is 5.90 Å². The largest absolute Gasteiger partial charge is 0.504 e. The maximum Gasteiger partial charge on any atom is 0.163 e. The molecule has 1 aromatic carbocycles. The maximum atomic E-state index is 9.53. The van der Waals surface area contributed by atoms with Crippen LogP contribution in [0.15, 0.2) is 12.1 Å². The summed E-state index contributed by atoms with van der Waals surface area (Å²) in [6.45, 7) is 6.13. The Kier molecular flexibility index (Phi) is 3.21. The van der Waals surface area contributed by atoms with Gasteiger partial charge in [-0.1, -0.05) is 20.8 Å². The number of rotatable bonds is 2. The predicted molar refractivity (Wildman–Crippen MR) is 57.4 cm³/mol. The first-order valence-corrected chi connectivity index (χ1v) is 4.73. The van der Waals surface area contributed by atoms with Gasteiger partial charge in [0.2, 0.25) is 0 Å². The van der Waals surface area contributed by atoms with Crippen LogP contribution in [0.1, 0.15) is 31.9 Å². The molecule has 4 nitrogen and oxygen atoms in total. The van der Waals surface area contributed by atoms with E-state index in [0.29, 0.717) is 5.56 Å². The minimum atomic E-state index is -0.173. The summed E-state index contributed by atoms with van der Waals surface area (Å²) in [5.41, 5.74) is 1.31. The van der Waals surface area contributed by atoms with Crippen molar-refractivity contribution in [2.45, 2.75) is 32.8 Å². The molecule has 0 aliphatic carbocycles. The van der Waals surface area contributed by atoms with E-state index < -0.39 is 0 Å². The molecule has 0 spiro atoms. The summed E-state index contributed by atoms with van der Waals surface area (Å²) in [7, 11) is 0. The molecule has 4 heteroatoms. The van der Waals surface area contributed by atoms with Crippen LogP contribution in [-0.4, -0.2) is 10.2 Å². The smallest absolute Gasteiger partial charge is 0.163 e. The standard InChI is InChI=1S/C11H17NO3/c1-11(2,3)8-4-7(6-15-12)10(14)9(13)5-8/h4-5,13-14H,6,12H2,1-3H3. The topological polar surface area (TPSA) is 75.7 Å². The molecule has 0 aliphatic heterocycles. The van der Waals surface area contributed by atoms with E-state index in [0.717, 1.165) is 5.56 Å². The summed E-state index contributed by atoms with van der Waals surface area (Å²) >= 11 is 0. The Balaban J connectivity index is 3.23. The fraction of sp³-hybridized carbons (Fsp3) is 0.455. The Morgan fingerprint density at radius 3 is 2.33 bits per heavy atom. The molecule has 15 heavy (non-hydrogen) atoms. The average Bonchev–Trinajstić information content (AvgIpc) is 2.11. The molecule has 4 N–H and O–H groups in total. The van der Waals surface area contributed by atoms with E-state index in [4.69, 9.17) is 5.90 Å². The molecule has 0 unspecified atom stereocenters. The van der Waals surface area contributed by atoms with E-state index in [1.807, 2.05) is 20.8 Å². The van der Waals surface area contributed by atoms with Gasteiger partial charge in [-0.05, 0) is 23.1 Å². The quantitative estimate of drug-likeness (QED) is 0.515. The first-order valence-electron chi connectivity index (χ1n) is 4.73. The fourth-order valence-corrected chi connectivity index (χ4v) is 1.31. The molecule has 0 heterocycles. The van der Waals surface area contributed by atoms with Gasteiger partial charge in [0, 0.05) is 5.56 Å². The minimum absolute atomic E-state index is 0.0727. The van der Waals surface area contributed by atoms with Crippen molar-refractivity contribution in [2.24, 2.45) is 5.90 Å². The van der Waals surface area contributed by atoms with E-state index in [1.54, 1.807) is 12.1 Å². The number of benzene rings is 1. The van der Waals surface area contributed by atoms with E-state index in [1.165, 1.54) is 0 Å². The lowest BCUT2D eigenvalue weighted by Crippen LogP contribution is -2.12. The van der Waals surface area contributed by atoms with Gasteiger partial charge in [0.1, 0.15) is 0 Å². The summed E-state index contributed by atoms with van der Waals surface area (Å²) in [6, 6.07) is 3.33. The lowest BCUT2D eigenvalue weighted by molar-refractivity contribution is 0.121. The zero-order chi connectivity index (χ0) is 11.6. The summed E-state index contributed by atoms with van der Waals surface area (Å²) in [5, 5.41) is 19.1. The molecule has 0 saturated carbocycles. The average molecular weight is 211 g/mol. The second-order valence-corrected chi connectivity index (χ2v) is 4.56. The summed E-state index contributed by atoms with van der Waals surface area (Å²) in [5.74, 6) is 4.63. The summed E-state index contributed by atoms with van der Waals surface area (Å²) in [4.78, 5) is 4.46. The third-order valence-corrected chi connectivity index (χ3v) is 2.27. The monoisotopic (exact) mass is 211 g/mol. The van der Waals surface area contributed by atoms with Gasteiger partial charge < -0.3 is 10.2 Å². The van der Waals surface area contributed by atoms with Crippen LogP contribution in [0.5, 0.6) is 11.5 Å². The molecular formula is C11H17NO3. The van der Waals surface area contributed by atoms with Gasteiger partial charge in [-0.2, -0.15) is 0 Å². The van der Waals surface area contributed by atoms with Crippen molar-refractivity contribution in [3.63, 3.8) is 0 Å². The van der Waals surface area contributed by atoms with E-state index in [2.05, 4.69) is 4.84 Å². The number of phenolic OH excluding ortho intramolecular Hbond substituents is 2. The van der Waals surface area contributed by atoms with E-state index >= 15 is 0 Å². The van der Waals surface area contributed by atoms with Gasteiger partial charge >= 0.3 is 0 Å². The van der Waals surface area contributed by atoms with Crippen LogP contribution in [-0.2, 0) is 16.9 Å². The first-order chi connectivity index (χ1) is 6.86. The molecule has 0 bridgehead atoms. The van der Waals surface area contributed by atoms with Crippen molar-refractivity contribution in [1.29, 1.82) is 0 Å². The number of phenols is 2. The lowest BCUT2D eigenvalue weighted by atomic mass is 9.86. The Bertz CT molecular complexity index is 356. The molecular weight excluding hydrogens is 194 g/mol. The van der Waals surface area contributed by atoms with Crippen molar-refractivity contribution in [3.05, 3.63) is 23.3 Å². The molecule has 1 aromatic rings. The molecule has 0 saturated heterocycles. The molecule has 0 aliphatic rings. The van der Waals surface area contributed by atoms with Crippen molar-refractivity contribution >= 4 is 0 Å². The highest BCUT2D eigenvalue weighted by Gasteiger charge is 2.18. The minimum Gasteiger partial charge on any atom is -0.504 e. The van der Waals surface area contributed by atoms with Gasteiger partial charge in [-0.15, -0.1) is 0 Å². The van der Waals surface area contributed by atoms with Crippen LogP contribution in [0.2, 0.25) is 0 Å². The van der Waals surface area contributed by atoms with Gasteiger partial charge in [-0.25, -0.2) is 5.90 Å². The van der Waals surface area contributed by atoms with Crippen molar-refractivity contribution in [3.8, 4) is 11.5 Å². The Morgan fingerprint density at radius 2 is 1.87 bits per heavy atom. The van der Waals surface area contributed by atoms with Crippen molar-refractivity contribution < 1.29 is 15.1 Å². The zero-order valence-electron chi connectivity index (χ0n) is 9.24.